The molecule has 0 bridgehead atoms. The number of nitrogens with zero attached hydrogens (tertiary/aromatic N) is 1. The van der Waals surface area contributed by atoms with E-state index in [0.29, 0.717) is 0 Å². The van der Waals surface area contributed by atoms with E-state index in [2.05, 4.69) is 266 Å². The van der Waals surface area contributed by atoms with E-state index < -0.39 is 18.1 Å². The van der Waals surface area contributed by atoms with Crippen LogP contribution in [0.3, 0.4) is 0 Å². The number of para-hydroxylation sites is 1. The van der Waals surface area contributed by atoms with E-state index in [-0.39, 0.29) is 0 Å². The monoisotopic (exact) mass is 893 g/mol. The summed E-state index contributed by atoms with van der Waals surface area (Å²) in [6.45, 7) is 0. The maximum Gasteiger partial charge on any atom is 0.184 e. The van der Waals surface area contributed by atoms with E-state index >= 15 is 0 Å². The van der Waals surface area contributed by atoms with Gasteiger partial charge in [0.1, 0.15) is 0 Å². The van der Waals surface area contributed by atoms with Crippen LogP contribution in [0.1, 0.15) is 0 Å². The Hall–Kier alpha value is -7.34. The Kier molecular flexibility index (Phi) is 9.28. The van der Waals surface area contributed by atoms with Crippen molar-refractivity contribution in [2.75, 3.05) is 4.90 Å². The molecule has 66 heavy (non-hydrogen) atoms. The van der Waals surface area contributed by atoms with Crippen molar-refractivity contribution >= 4 is 89.2 Å². The molecule has 0 aliphatic carbocycles. The van der Waals surface area contributed by atoms with Crippen molar-refractivity contribution in [2.45, 2.75) is 29.4 Å². The molecule has 2 aliphatic rings. The van der Waals surface area contributed by atoms with E-state index in [9.17, 15) is 0 Å². The van der Waals surface area contributed by atoms with E-state index in [1.807, 2.05) is 11.8 Å². The fourth-order valence-electron chi connectivity index (χ4n) is 11.1. The van der Waals surface area contributed by atoms with Gasteiger partial charge in [-0.15, -0.1) is 10.0 Å². The summed E-state index contributed by atoms with van der Waals surface area (Å²) in [5.41, 5.74) is 5.82. The average Bonchev–Trinajstić information content (AvgIpc) is 3.40. The molecule has 0 radical (unpaired) electrons. The lowest BCUT2D eigenvalue weighted by molar-refractivity contribution is 1.24. The maximum atomic E-state index is 2.60. The Morgan fingerprint density at radius 3 is 1.48 bits per heavy atom. The topological polar surface area (TPSA) is 3.24 Å². The predicted octanol–water partition coefficient (Wildman–Crippen LogP) is 14.6. The molecule has 0 saturated carbocycles. The summed E-state index contributed by atoms with van der Waals surface area (Å²) < 4.78 is 0. The zero-order chi connectivity index (χ0) is 43.7. The van der Waals surface area contributed by atoms with Gasteiger partial charge in [0.15, 0.2) is 8.07 Å². The highest BCUT2D eigenvalue weighted by Gasteiger charge is 2.56. The summed E-state index contributed by atoms with van der Waals surface area (Å²) in [4.78, 5) is 10.8. The first-order valence-electron chi connectivity index (χ1n) is 22.7. The van der Waals surface area contributed by atoms with Gasteiger partial charge in [-0.2, -0.15) is 0 Å². The lowest BCUT2D eigenvalue weighted by atomic mass is 9.98. The molecule has 0 amide bonds. The normalized spacial score (nSPS) is 14.4. The second kappa shape index (κ2) is 15.7. The largest absolute Gasteiger partial charge is 0.310 e. The fraction of sp³-hybridized carbons (Fsp3) is 0. The standard InChI is InChI=1S/C62H43NS2Si/c1-4-21-47(22-5-1)63(54-42-46-20-10-11-27-51(46)52-28-12-13-29-53(52)54)48-39-36-44(37-40-48)45-38-41-62-58(43-45)65(49-23-6-2-7-24-49,50-25-8-3-9-26-50)57-32-16-19-35-61(57)66(62)59-33-17-14-30-55(59)64-56-31-15-18-34-60(56)66/h1-43H. The van der Waals surface area contributed by atoms with Crippen molar-refractivity contribution in [3.8, 4) is 11.1 Å². The Morgan fingerprint density at radius 2 is 0.818 bits per heavy atom. The Morgan fingerprint density at radius 1 is 0.333 bits per heavy atom. The van der Waals surface area contributed by atoms with Gasteiger partial charge in [-0.05, 0) is 127 Å². The van der Waals surface area contributed by atoms with Gasteiger partial charge in [0, 0.05) is 46.1 Å². The van der Waals surface area contributed by atoms with Crippen LogP contribution < -0.4 is 25.6 Å². The van der Waals surface area contributed by atoms with Crippen molar-refractivity contribution in [3.05, 3.63) is 261 Å². The highest BCUT2D eigenvalue weighted by atomic mass is 32.3. The molecule has 2 heterocycles. The third-order valence-electron chi connectivity index (χ3n) is 13.8. The summed E-state index contributed by atoms with van der Waals surface area (Å²) in [5.74, 6) is 0. The van der Waals surface area contributed by atoms with Crippen molar-refractivity contribution in [1.29, 1.82) is 0 Å². The SMILES string of the molecule is c1ccc(N(c2ccc(-c3ccc4c(c3)S(c3ccccc3)(c3ccccc3)c3ccccc3[Si]43c4ccccc4Sc4ccccc43)cc2)c2cc3ccccc3c3ccccc23)cc1. The molecule has 11 aromatic rings. The van der Waals surface area contributed by atoms with Gasteiger partial charge >= 0.3 is 0 Å². The minimum absolute atomic E-state index is 1.12. The predicted molar refractivity (Wildman–Crippen MR) is 283 cm³/mol. The molecule has 1 nitrogen and oxygen atoms in total. The third kappa shape index (κ3) is 5.75. The number of benzene rings is 11. The number of hydrogen-bond acceptors (Lipinski definition) is 2. The summed E-state index contributed by atoms with van der Waals surface area (Å²) in [7, 11) is -4.88. The molecule has 0 N–H and O–H groups in total. The van der Waals surface area contributed by atoms with Crippen LogP contribution in [0.25, 0.3) is 32.7 Å². The molecule has 0 atom stereocenters. The molecule has 13 rings (SSSR count). The zero-order valence-electron chi connectivity index (χ0n) is 36.1. The van der Waals surface area contributed by atoms with Gasteiger partial charge < -0.3 is 4.90 Å². The molecule has 0 unspecified atom stereocenters. The summed E-state index contributed by atoms with van der Waals surface area (Å²) in [5, 5.41) is 10.9. The van der Waals surface area contributed by atoms with E-state index in [1.54, 1.807) is 0 Å². The van der Waals surface area contributed by atoms with E-state index in [0.717, 1.165) is 17.1 Å². The Balaban J connectivity index is 1.07. The van der Waals surface area contributed by atoms with Gasteiger partial charge in [-0.3, -0.25) is 0 Å². The zero-order valence-corrected chi connectivity index (χ0v) is 38.7. The highest BCUT2D eigenvalue weighted by Crippen LogP contribution is 2.74. The van der Waals surface area contributed by atoms with Gasteiger partial charge in [0.2, 0.25) is 0 Å². The van der Waals surface area contributed by atoms with Gasteiger partial charge in [-0.25, -0.2) is 0 Å². The third-order valence-corrected chi connectivity index (χ3v) is 24.6. The van der Waals surface area contributed by atoms with Crippen LogP contribution in [0.2, 0.25) is 0 Å². The molecule has 0 aromatic heterocycles. The summed E-state index contributed by atoms with van der Waals surface area (Å²) in [6, 6.07) is 98.5. The average molecular weight is 894 g/mol. The van der Waals surface area contributed by atoms with E-state index in [1.165, 1.54) is 82.8 Å². The highest BCUT2D eigenvalue weighted by molar-refractivity contribution is 8.34. The van der Waals surface area contributed by atoms with Gasteiger partial charge in [-0.1, -0.05) is 194 Å². The second-order valence-corrected chi connectivity index (χ2v) is 25.0. The minimum atomic E-state index is -2.88. The lowest BCUT2D eigenvalue weighted by Gasteiger charge is -2.54. The molecule has 1 spiro atoms. The first kappa shape index (κ1) is 39.1. The molecule has 4 heteroatoms. The van der Waals surface area contributed by atoms with Crippen molar-refractivity contribution in [1.82, 2.24) is 0 Å². The minimum Gasteiger partial charge on any atom is -0.310 e. The molecule has 0 saturated heterocycles. The van der Waals surface area contributed by atoms with Crippen LogP contribution in [0, 0.1) is 0 Å². The fourth-order valence-corrected chi connectivity index (χ4v) is 24.0. The first-order valence-corrected chi connectivity index (χ1v) is 27.1. The molecule has 2 aliphatic heterocycles. The quantitative estimate of drug-likeness (QED) is 0.121. The molecular formula is C62H43NS2Si. The number of fused-ring (bicyclic) bond motifs is 11. The van der Waals surface area contributed by atoms with Gasteiger partial charge in [0.25, 0.3) is 0 Å². The maximum absolute atomic E-state index is 2.88. The Labute approximate surface area is 393 Å². The van der Waals surface area contributed by atoms with Crippen molar-refractivity contribution in [2.24, 2.45) is 0 Å². The molecule has 312 valence electrons. The van der Waals surface area contributed by atoms with Crippen LogP contribution in [0.5, 0.6) is 0 Å². The molecule has 11 aromatic carbocycles. The van der Waals surface area contributed by atoms with Crippen LogP contribution in [-0.2, 0) is 0 Å². The van der Waals surface area contributed by atoms with Crippen molar-refractivity contribution < 1.29 is 0 Å². The van der Waals surface area contributed by atoms with Crippen molar-refractivity contribution in [3.63, 3.8) is 0 Å². The Bertz CT molecular complexity index is 3540. The van der Waals surface area contributed by atoms with Gasteiger partial charge in [0.05, 0.1) is 5.69 Å². The van der Waals surface area contributed by atoms with Crippen LogP contribution in [-0.4, -0.2) is 8.07 Å². The molecule has 0 fully saturated rings. The smallest absolute Gasteiger partial charge is 0.184 e. The lowest BCUT2D eigenvalue weighted by Crippen LogP contribution is -2.78. The summed E-state index contributed by atoms with van der Waals surface area (Å²) >= 11 is 1.93. The van der Waals surface area contributed by atoms with Crippen LogP contribution in [0.15, 0.2) is 290 Å². The van der Waals surface area contributed by atoms with E-state index in [4.69, 9.17) is 0 Å². The molecular weight excluding hydrogens is 851 g/mol. The number of rotatable bonds is 6. The second-order valence-electron chi connectivity index (χ2n) is 17.2. The van der Waals surface area contributed by atoms with Crippen LogP contribution in [0.4, 0.5) is 17.1 Å². The number of anilines is 3. The van der Waals surface area contributed by atoms with Crippen LogP contribution >= 0.6 is 21.8 Å². The number of hydrogen-bond donors (Lipinski definition) is 0. The first-order chi connectivity index (χ1) is 32.7. The summed E-state index contributed by atoms with van der Waals surface area (Å²) in [6.07, 6.45) is 0.